The van der Waals surface area contributed by atoms with Crippen molar-refractivity contribution in [1.82, 2.24) is 12.3 Å². The molecule has 0 bridgehead atoms. The van der Waals surface area contributed by atoms with Gasteiger partial charge in [0.05, 0.1) is 5.56 Å². The topological polar surface area (TPSA) is 133 Å². The average molecular weight is 209 g/mol. The number of carboxylic acid groups (broad SMARTS) is 1. The molecular weight excluding hydrogens is 196 g/mol. The Bertz CT molecular complexity index is 268. The van der Waals surface area contributed by atoms with E-state index in [1.807, 2.05) is 0 Å². The molecule has 0 aliphatic heterocycles. The van der Waals surface area contributed by atoms with Gasteiger partial charge in [-0.25, -0.2) is 4.79 Å². The molecule has 0 unspecified atom stereocenters. The quantitative estimate of drug-likeness (QED) is 0.503. The van der Waals surface area contributed by atoms with Crippen molar-refractivity contribution in [3.63, 3.8) is 0 Å². The molecule has 9 N–H and O–H groups in total. The van der Waals surface area contributed by atoms with Crippen LogP contribution in [0.5, 0.6) is 5.75 Å². The lowest BCUT2D eigenvalue weighted by Crippen LogP contribution is -3.00. The van der Waals surface area contributed by atoms with Crippen LogP contribution in [0, 0.1) is 0 Å². The zero-order chi connectivity index (χ0) is 7.56. The molecule has 5 nitrogen and oxygen atoms in total. The van der Waals surface area contributed by atoms with Crippen molar-refractivity contribution in [3.8, 4) is 5.75 Å². The molecule has 76 valence electrons. The molecule has 1 aromatic rings. The maximum absolute atomic E-state index is 10.7. The number of carboxylic acids is 1. The molecule has 1 aromatic carbocycles. The second-order valence-electron chi connectivity index (χ2n) is 1.80. The average Bonchev–Trinajstić information content (AvgIpc) is 1.88. The van der Waals surface area contributed by atoms with Crippen molar-refractivity contribution in [2.45, 2.75) is 0 Å². The molecule has 0 aromatic heterocycles. The Morgan fingerprint density at radius 2 is 1.69 bits per heavy atom. The minimum absolute atomic E-state index is 0. The third-order valence-electron chi connectivity index (χ3n) is 1.12. The van der Waals surface area contributed by atoms with E-state index >= 15 is 0 Å². The fourth-order valence-corrected chi connectivity index (χ4v) is 0.643. The summed E-state index contributed by atoms with van der Waals surface area (Å²) in [4.78, 5) is 10.2. The summed E-state index contributed by atoms with van der Waals surface area (Å²) in [6.45, 7) is 0. The molecular formula is C7H13ClN2O3. The smallest absolute Gasteiger partial charge is 0.335 e. The zero-order valence-corrected chi connectivity index (χ0v) is 8.21. The second kappa shape index (κ2) is 7.35. The molecule has 0 aliphatic rings. The van der Waals surface area contributed by atoms with Crippen LogP contribution in [0.1, 0.15) is 10.4 Å². The maximum atomic E-state index is 10.7. The molecule has 0 amide bonds. The van der Waals surface area contributed by atoms with E-state index in [4.69, 9.17) is 5.11 Å². The highest BCUT2D eigenvalue weighted by Gasteiger charge is 1.99. The van der Waals surface area contributed by atoms with Gasteiger partial charge in [0.15, 0.2) is 0 Å². The van der Waals surface area contributed by atoms with Crippen molar-refractivity contribution in [1.29, 1.82) is 0 Å². The van der Waals surface area contributed by atoms with Crippen LogP contribution >= 0.6 is 0 Å². The molecule has 0 aliphatic carbocycles. The Kier molecular flexibility index (Phi) is 10.0. The highest BCUT2D eigenvalue weighted by atomic mass is 35.5. The number of halogens is 1. The van der Waals surface area contributed by atoms with Crippen molar-refractivity contribution >= 4 is 5.97 Å². The van der Waals surface area contributed by atoms with Crippen LogP contribution in [-0.4, -0.2) is 11.1 Å². The van der Waals surface area contributed by atoms with Gasteiger partial charge in [0, 0.05) is 0 Å². The SMILES string of the molecule is O=C(O)c1ccccc1[O-].[Cl-].[NH4+].[NH4+]. The van der Waals surface area contributed by atoms with E-state index < -0.39 is 11.7 Å². The fraction of sp³-hybridized carbons (Fsp3) is 0. The number of quaternary nitrogens is 2. The molecule has 0 saturated carbocycles. The molecule has 0 radical (unpaired) electrons. The van der Waals surface area contributed by atoms with Crippen LogP contribution < -0.4 is 29.8 Å². The van der Waals surface area contributed by atoms with Crippen molar-refractivity contribution < 1.29 is 27.4 Å². The van der Waals surface area contributed by atoms with Crippen molar-refractivity contribution in [2.75, 3.05) is 0 Å². The molecule has 13 heavy (non-hydrogen) atoms. The molecule has 0 heterocycles. The summed E-state index contributed by atoms with van der Waals surface area (Å²) in [7, 11) is 0. The van der Waals surface area contributed by atoms with Crippen LogP contribution in [-0.2, 0) is 0 Å². The minimum Gasteiger partial charge on any atom is -1.00 e. The van der Waals surface area contributed by atoms with Gasteiger partial charge in [-0.3, -0.25) is 0 Å². The summed E-state index contributed by atoms with van der Waals surface area (Å²) in [5.41, 5.74) is -0.178. The summed E-state index contributed by atoms with van der Waals surface area (Å²) in [6.07, 6.45) is 0. The highest BCUT2D eigenvalue weighted by Crippen LogP contribution is 2.10. The predicted octanol–water partition coefficient (Wildman–Crippen LogP) is -1.79. The van der Waals surface area contributed by atoms with Crippen molar-refractivity contribution in [3.05, 3.63) is 29.8 Å². The van der Waals surface area contributed by atoms with Crippen LogP contribution in [0.4, 0.5) is 0 Å². The third kappa shape index (κ3) is 4.32. The normalized spacial score (nSPS) is 7.08. The van der Waals surface area contributed by atoms with Crippen LogP contribution in [0.3, 0.4) is 0 Å². The van der Waals surface area contributed by atoms with Gasteiger partial charge in [-0.1, -0.05) is 23.9 Å². The van der Waals surface area contributed by atoms with E-state index in [0.717, 1.165) is 0 Å². The monoisotopic (exact) mass is 208 g/mol. The molecule has 6 heteroatoms. The maximum Gasteiger partial charge on any atom is 0.335 e. The Labute approximate surface area is 82.0 Å². The summed E-state index contributed by atoms with van der Waals surface area (Å²) < 4.78 is 0. The van der Waals surface area contributed by atoms with E-state index in [1.165, 1.54) is 24.3 Å². The molecule has 1 rings (SSSR count). The minimum atomic E-state index is -1.18. The largest absolute Gasteiger partial charge is 1.00 e. The molecule has 0 saturated heterocycles. The number of hydrogen-bond donors (Lipinski definition) is 3. The number of aromatic carboxylic acids is 1. The number of para-hydroxylation sites is 1. The second-order valence-corrected chi connectivity index (χ2v) is 1.80. The Morgan fingerprint density at radius 1 is 1.23 bits per heavy atom. The van der Waals surface area contributed by atoms with Gasteiger partial charge in [0.25, 0.3) is 0 Å². The van der Waals surface area contributed by atoms with Crippen molar-refractivity contribution in [2.24, 2.45) is 0 Å². The Morgan fingerprint density at radius 3 is 2.00 bits per heavy atom. The summed E-state index contributed by atoms with van der Waals surface area (Å²) in [6, 6.07) is 5.54. The summed E-state index contributed by atoms with van der Waals surface area (Å²) in [5.74, 6) is -1.62. The van der Waals surface area contributed by atoms with Gasteiger partial charge in [-0.15, -0.1) is 0 Å². The lowest BCUT2D eigenvalue weighted by atomic mass is 10.2. The number of benzene rings is 1. The molecule has 0 spiro atoms. The van der Waals surface area contributed by atoms with Gasteiger partial charge < -0.3 is 34.9 Å². The first-order valence-electron chi connectivity index (χ1n) is 2.71. The standard InChI is InChI=1S/C7H6O3.ClH.2H3N/c8-6-4-2-1-3-5(6)7(9)10;;;/h1-4,8H,(H,9,10);1H;2*1H3. The molecule has 0 atom stereocenters. The van der Waals surface area contributed by atoms with Gasteiger partial charge in [0.1, 0.15) is 0 Å². The first-order valence-corrected chi connectivity index (χ1v) is 2.71. The Hall–Kier alpha value is -1.30. The zero-order valence-electron chi connectivity index (χ0n) is 7.45. The summed E-state index contributed by atoms with van der Waals surface area (Å²) >= 11 is 0. The summed E-state index contributed by atoms with van der Waals surface area (Å²) in [5, 5.41) is 19.0. The first kappa shape index (κ1) is 17.7. The Balaban J connectivity index is -0.000000333. The van der Waals surface area contributed by atoms with Gasteiger partial charge in [0.2, 0.25) is 0 Å². The number of rotatable bonds is 1. The van der Waals surface area contributed by atoms with E-state index in [2.05, 4.69) is 0 Å². The van der Waals surface area contributed by atoms with Gasteiger partial charge >= 0.3 is 5.97 Å². The van der Waals surface area contributed by atoms with E-state index in [-0.39, 0.29) is 30.3 Å². The lowest BCUT2D eigenvalue weighted by molar-refractivity contribution is -0.268. The fourth-order valence-electron chi connectivity index (χ4n) is 0.643. The van der Waals surface area contributed by atoms with Crippen LogP contribution in [0.25, 0.3) is 0 Å². The lowest BCUT2D eigenvalue weighted by Gasteiger charge is -2.07. The van der Waals surface area contributed by atoms with Gasteiger partial charge in [-0.2, -0.15) is 0 Å². The molecule has 0 fully saturated rings. The predicted molar refractivity (Wildman–Crippen MR) is 44.8 cm³/mol. The highest BCUT2D eigenvalue weighted by molar-refractivity contribution is 5.90. The van der Waals surface area contributed by atoms with E-state index in [9.17, 15) is 9.90 Å². The third-order valence-corrected chi connectivity index (χ3v) is 1.12. The van der Waals surface area contributed by atoms with Crippen LogP contribution in [0.15, 0.2) is 24.3 Å². The van der Waals surface area contributed by atoms with E-state index in [1.54, 1.807) is 0 Å². The van der Waals surface area contributed by atoms with Gasteiger partial charge in [-0.05, 0) is 6.07 Å². The first-order chi connectivity index (χ1) is 4.72. The van der Waals surface area contributed by atoms with Crippen LogP contribution in [0.2, 0.25) is 0 Å². The number of carbonyl (C=O) groups is 1. The number of hydrogen-bond acceptors (Lipinski definition) is 2. The van der Waals surface area contributed by atoms with E-state index in [0.29, 0.717) is 0 Å².